The van der Waals surface area contributed by atoms with Crippen molar-refractivity contribution < 1.29 is 24.1 Å². The van der Waals surface area contributed by atoms with Gasteiger partial charge >= 0.3 is 0 Å². The molecule has 2 aromatic carbocycles. The second-order valence-electron chi connectivity index (χ2n) is 8.18. The van der Waals surface area contributed by atoms with Crippen molar-refractivity contribution in [3.63, 3.8) is 0 Å². The average molecular weight is 462 g/mol. The molecule has 0 bridgehead atoms. The van der Waals surface area contributed by atoms with Crippen molar-refractivity contribution in [1.82, 2.24) is 9.97 Å². The van der Waals surface area contributed by atoms with Crippen molar-refractivity contribution in [3.05, 3.63) is 47.2 Å². The van der Waals surface area contributed by atoms with Gasteiger partial charge in [-0.15, -0.1) is 0 Å². The number of nitrogens with one attached hydrogen (secondary N) is 1. The molecule has 2 aromatic heterocycles. The van der Waals surface area contributed by atoms with E-state index in [4.69, 9.17) is 23.9 Å². The van der Waals surface area contributed by atoms with Crippen molar-refractivity contribution in [3.8, 4) is 28.9 Å². The molecule has 0 aliphatic carbocycles. The van der Waals surface area contributed by atoms with Crippen LogP contribution in [-0.2, 0) is 12.8 Å². The van der Waals surface area contributed by atoms with E-state index < -0.39 is 0 Å². The number of benzene rings is 2. The van der Waals surface area contributed by atoms with Gasteiger partial charge in [0.2, 0.25) is 12.7 Å². The van der Waals surface area contributed by atoms with Gasteiger partial charge in [-0.2, -0.15) is 0 Å². The van der Waals surface area contributed by atoms with E-state index in [1.165, 1.54) is 0 Å². The zero-order valence-corrected chi connectivity index (χ0v) is 19.7. The highest BCUT2D eigenvalue weighted by molar-refractivity contribution is 5.93. The molecule has 0 fully saturated rings. The van der Waals surface area contributed by atoms with E-state index >= 15 is 0 Å². The topological polar surface area (TPSA) is 95.0 Å². The van der Waals surface area contributed by atoms with Crippen LogP contribution in [0, 0.1) is 0 Å². The summed E-state index contributed by atoms with van der Waals surface area (Å²) in [5, 5.41) is 16.9. The Balaban J connectivity index is 1.69. The zero-order valence-electron chi connectivity index (χ0n) is 19.7. The number of hydrogen-bond donors (Lipinski definition) is 2. The van der Waals surface area contributed by atoms with Crippen molar-refractivity contribution in [2.45, 2.75) is 26.2 Å². The monoisotopic (exact) mass is 461 g/mol. The molecule has 0 spiro atoms. The first-order valence-electron chi connectivity index (χ1n) is 11.2. The molecule has 8 heteroatoms. The number of ether oxygens (including phenoxy) is 4. The normalized spacial score (nSPS) is 12.4. The molecule has 1 aliphatic rings. The van der Waals surface area contributed by atoms with Gasteiger partial charge in [0.1, 0.15) is 5.82 Å². The smallest absolute Gasteiger partial charge is 0.231 e. The van der Waals surface area contributed by atoms with Crippen molar-refractivity contribution in [2.75, 3.05) is 33.4 Å². The first-order chi connectivity index (χ1) is 16.6. The van der Waals surface area contributed by atoms with Crippen molar-refractivity contribution >= 4 is 27.5 Å². The van der Waals surface area contributed by atoms with Crippen LogP contribution in [0.5, 0.6) is 28.9 Å². The Morgan fingerprint density at radius 3 is 2.35 bits per heavy atom. The number of rotatable bonds is 7. The zero-order chi connectivity index (χ0) is 23.8. The van der Waals surface area contributed by atoms with Crippen LogP contribution < -0.4 is 24.3 Å². The minimum absolute atomic E-state index is 0.0102. The molecule has 0 saturated carbocycles. The molecule has 176 valence electrons. The Bertz CT molecular complexity index is 1400. The van der Waals surface area contributed by atoms with E-state index in [2.05, 4.69) is 23.3 Å². The number of aromatic hydroxyl groups is 1. The maximum absolute atomic E-state index is 11.0. The Morgan fingerprint density at radius 1 is 0.971 bits per heavy atom. The van der Waals surface area contributed by atoms with E-state index in [9.17, 15) is 5.11 Å². The molecule has 0 atom stereocenters. The van der Waals surface area contributed by atoms with Crippen LogP contribution in [0.2, 0.25) is 0 Å². The van der Waals surface area contributed by atoms with Gasteiger partial charge in [-0.1, -0.05) is 13.3 Å². The summed E-state index contributed by atoms with van der Waals surface area (Å²) in [6.45, 7) is 2.29. The van der Waals surface area contributed by atoms with Gasteiger partial charge < -0.3 is 29.4 Å². The summed E-state index contributed by atoms with van der Waals surface area (Å²) in [5.41, 5.74) is 3.26. The van der Waals surface area contributed by atoms with Crippen LogP contribution in [0.4, 0.5) is 5.82 Å². The van der Waals surface area contributed by atoms with Gasteiger partial charge in [-0.3, -0.25) is 0 Å². The largest absolute Gasteiger partial charge is 0.493 e. The van der Waals surface area contributed by atoms with E-state index in [0.717, 1.165) is 51.6 Å². The highest BCUT2D eigenvalue weighted by Crippen LogP contribution is 2.40. The molecule has 8 nitrogen and oxygen atoms in total. The summed E-state index contributed by atoms with van der Waals surface area (Å²) in [6.07, 6.45) is 2.07. The first-order valence-corrected chi connectivity index (χ1v) is 11.2. The summed E-state index contributed by atoms with van der Waals surface area (Å²) in [7, 11) is 5.05. The number of aryl methyl sites for hydroxylation is 1. The number of methoxy groups -OCH3 is 2. The van der Waals surface area contributed by atoms with Gasteiger partial charge in [0.25, 0.3) is 0 Å². The third-order valence-corrected chi connectivity index (χ3v) is 6.15. The third kappa shape index (κ3) is 3.65. The van der Waals surface area contributed by atoms with E-state index in [0.29, 0.717) is 35.0 Å². The highest BCUT2D eigenvalue weighted by atomic mass is 16.7. The maximum Gasteiger partial charge on any atom is 0.231 e. The standard InChI is InChI=1S/C26H27N3O5/c1-5-6-19-17-11-22(32-4)21(31-3)10-16(17)18(26(30)29-19)8-15-7-14-9-23-24(34-13-33-23)12-20(14)28-25(15)27-2/h7,9-12H,5-6,8,13H2,1-4H3,(H,27,28)(H,29,30). The Hall–Kier alpha value is -3.94. The third-order valence-electron chi connectivity index (χ3n) is 6.15. The molecular weight excluding hydrogens is 434 g/mol. The lowest BCUT2D eigenvalue weighted by Crippen LogP contribution is -2.04. The number of pyridine rings is 2. The Morgan fingerprint density at radius 2 is 1.68 bits per heavy atom. The number of fused-ring (bicyclic) bond motifs is 3. The highest BCUT2D eigenvalue weighted by Gasteiger charge is 2.20. The molecule has 2 N–H and O–H groups in total. The van der Waals surface area contributed by atoms with Crippen LogP contribution in [0.3, 0.4) is 0 Å². The van der Waals surface area contributed by atoms with Crippen LogP contribution in [0.1, 0.15) is 30.2 Å². The minimum atomic E-state index is 0.0102. The average Bonchev–Trinajstić information content (AvgIpc) is 3.30. The molecule has 5 rings (SSSR count). The fourth-order valence-corrected chi connectivity index (χ4v) is 4.49. The summed E-state index contributed by atoms with van der Waals surface area (Å²) in [6, 6.07) is 9.72. The predicted octanol–water partition coefficient (Wildman–Crippen LogP) is 4.82. The van der Waals surface area contributed by atoms with E-state index in [1.807, 2.05) is 31.3 Å². The molecule has 0 radical (unpaired) electrons. The predicted molar refractivity (Wildman–Crippen MR) is 131 cm³/mol. The molecular formula is C26H27N3O5. The second-order valence-corrected chi connectivity index (χ2v) is 8.18. The number of hydrogen-bond acceptors (Lipinski definition) is 8. The minimum Gasteiger partial charge on any atom is -0.493 e. The van der Waals surface area contributed by atoms with Crippen LogP contribution >= 0.6 is 0 Å². The number of nitrogens with zero attached hydrogens (tertiary/aromatic N) is 2. The first kappa shape index (κ1) is 21.9. The Kier molecular flexibility index (Phi) is 5.65. The van der Waals surface area contributed by atoms with Gasteiger partial charge in [0, 0.05) is 35.9 Å². The lowest BCUT2D eigenvalue weighted by molar-refractivity contribution is 0.174. The van der Waals surface area contributed by atoms with Gasteiger partial charge in [-0.05, 0) is 41.6 Å². The fourth-order valence-electron chi connectivity index (χ4n) is 4.49. The molecule has 0 saturated heterocycles. The summed E-state index contributed by atoms with van der Waals surface area (Å²) >= 11 is 0. The molecule has 4 aromatic rings. The SMILES string of the molecule is CCCc1nc(O)c(Cc2cc3cc4c(cc3nc2NC)OCO4)c2cc(OC)c(OC)cc12. The number of aromatic nitrogens is 2. The Labute approximate surface area is 197 Å². The second kappa shape index (κ2) is 8.78. The molecule has 34 heavy (non-hydrogen) atoms. The van der Waals surface area contributed by atoms with Crippen LogP contribution in [-0.4, -0.2) is 43.1 Å². The summed E-state index contributed by atoms with van der Waals surface area (Å²) < 4.78 is 22.1. The van der Waals surface area contributed by atoms with Crippen LogP contribution in [0.25, 0.3) is 21.7 Å². The van der Waals surface area contributed by atoms with Crippen molar-refractivity contribution in [1.29, 1.82) is 0 Å². The van der Waals surface area contributed by atoms with E-state index in [1.54, 1.807) is 14.2 Å². The van der Waals surface area contributed by atoms with Gasteiger partial charge in [-0.25, -0.2) is 9.97 Å². The summed E-state index contributed by atoms with van der Waals surface area (Å²) in [5.74, 6) is 3.35. The molecule has 1 aliphatic heterocycles. The number of anilines is 1. The lowest BCUT2D eigenvalue weighted by Gasteiger charge is -2.17. The molecule has 0 unspecified atom stereocenters. The van der Waals surface area contributed by atoms with Crippen molar-refractivity contribution in [2.24, 2.45) is 0 Å². The maximum atomic E-state index is 11.0. The molecule has 3 heterocycles. The van der Waals surface area contributed by atoms with Crippen LogP contribution in [0.15, 0.2) is 30.3 Å². The fraction of sp³-hybridized carbons (Fsp3) is 0.308. The van der Waals surface area contributed by atoms with Gasteiger partial charge in [0.15, 0.2) is 23.0 Å². The van der Waals surface area contributed by atoms with Gasteiger partial charge in [0.05, 0.1) is 25.4 Å². The summed E-state index contributed by atoms with van der Waals surface area (Å²) in [4.78, 5) is 9.36. The quantitative estimate of drug-likeness (QED) is 0.405. The molecule has 0 amide bonds. The van der Waals surface area contributed by atoms with E-state index in [-0.39, 0.29) is 12.7 Å². The lowest BCUT2D eigenvalue weighted by atomic mass is 9.96.